The second kappa shape index (κ2) is 6.91. The van der Waals surface area contributed by atoms with Crippen molar-refractivity contribution in [3.8, 4) is 5.75 Å². The molecule has 0 saturated heterocycles. The molecule has 0 spiro atoms. The van der Waals surface area contributed by atoms with Crippen molar-refractivity contribution < 1.29 is 13.2 Å². The number of benzene rings is 1. The highest BCUT2D eigenvalue weighted by atomic mass is 79.9. The molecule has 112 valence electrons. The first-order valence-electron chi connectivity index (χ1n) is 6.38. The lowest BCUT2D eigenvalue weighted by atomic mass is 10.3. The zero-order valence-electron chi connectivity index (χ0n) is 11.4. The molecule has 0 fully saturated rings. The Morgan fingerprint density at radius 1 is 1.33 bits per heavy atom. The summed E-state index contributed by atoms with van der Waals surface area (Å²) in [5.74, 6) is 0.505. The molecule has 2 rings (SSSR count). The maximum Gasteiger partial charge on any atom is 0.262 e. The van der Waals surface area contributed by atoms with Crippen molar-refractivity contribution >= 4 is 31.6 Å². The molecule has 0 aliphatic carbocycles. The molecule has 7 heteroatoms. The maximum absolute atomic E-state index is 12.3. The summed E-state index contributed by atoms with van der Waals surface area (Å²) in [6.07, 6.45) is 3.87. The minimum absolute atomic E-state index is 0.139. The summed E-state index contributed by atoms with van der Waals surface area (Å²) in [6, 6.07) is 7.97. The average molecular weight is 371 g/mol. The molecule has 1 heterocycles. The van der Waals surface area contributed by atoms with Crippen molar-refractivity contribution in [1.82, 2.24) is 4.98 Å². The fraction of sp³-hybridized carbons (Fsp3) is 0.214. The van der Waals surface area contributed by atoms with Crippen molar-refractivity contribution in [2.75, 3.05) is 11.3 Å². The molecule has 0 amide bonds. The number of sulfonamides is 1. The monoisotopic (exact) mass is 370 g/mol. The van der Waals surface area contributed by atoms with E-state index in [0.717, 1.165) is 10.9 Å². The Morgan fingerprint density at radius 2 is 2.14 bits per heavy atom. The lowest BCUT2D eigenvalue weighted by Gasteiger charge is -2.11. The molecule has 1 N–H and O–H groups in total. The summed E-state index contributed by atoms with van der Waals surface area (Å²) in [5, 5.41) is 0. The largest absolute Gasteiger partial charge is 0.492 e. The highest BCUT2D eigenvalue weighted by Crippen LogP contribution is 2.28. The summed E-state index contributed by atoms with van der Waals surface area (Å²) in [6.45, 7) is 2.51. The molecule has 0 radical (unpaired) electrons. The number of nitrogens with one attached hydrogen (secondary N) is 1. The third-order valence-corrected chi connectivity index (χ3v) is 4.62. The SMILES string of the molecule is CCCOc1cc(S(=O)(=O)Nc2cccnc2)ccc1Br. The number of rotatable bonds is 6. The number of hydrogen-bond donors (Lipinski definition) is 1. The van der Waals surface area contributed by atoms with Crippen LogP contribution in [0.1, 0.15) is 13.3 Å². The highest BCUT2D eigenvalue weighted by Gasteiger charge is 2.16. The number of nitrogens with zero attached hydrogens (tertiary/aromatic N) is 1. The third kappa shape index (κ3) is 4.18. The predicted octanol–water partition coefficient (Wildman–Crippen LogP) is 3.43. The van der Waals surface area contributed by atoms with E-state index < -0.39 is 10.0 Å². The van der Waals surface area contributed by atoms with Crippen molar-refractivity contribution in [3.05, 3.63) is 47.2 Å². The van der Waals surface area contributed by atoms with Gasteiger partial charge in [0.2, 0.25) is 0 Å². The van der Waals surface area contributed by atoms with Crippen LogP contribution in [0.4, 0.5) is 5.69 Å². The molecule has 5 nitrogen and oxygen atoms in total. The Hall–Kier alpha value is -1.60. The second-order valence-corrected chi connectivity index (χ2v) is 6.82. The van der Waals surface area contributed by atoms with Gasteiger partial charge in [-0.1, -0.05) is 6.92 Å². The molecule has 1 aromatic heterocycles. The molecule has 0 atom stereocenters. The van der Waals surface area contributed by atoms with Gasteiger partial charge >= 0.3 is 0 Å². The zero-order chi connectivity index (χ0) is 15.3. The van der Waals surface area contributed by atoms with E-state index in [1.165, 1.54) is 18.3 Å². The van der Waals surface area contributed by atoms with Gasteiger partial charge in [0.15, 0.2) is 0 Å². The van der Waals surface area contributed by atoms with Gasteiger partial charge in [-0.15, -0.1) is 0 Å². The maximum atomic E-state index is 12.3. The standard InChI is InChI=1S/C14H15BrN2O3S/c1-2-8-20-14-9-12(5-6-13(14)15)21(18,19)17-11-4-3-7-16-10-11/h3-7,9-10,17H,2,8H2,1H3. The molecular weight excluding hydrogens is 356 g/mol. The van der Waals surface area contributed by atoms with Gasteiger partial charge in [0, 0.05) is 12.3 Å². The predicted molar refractivity (Wildman–Crippen MR) is 85.0 cm³/mol. The van der Waals surface area contributed by atoms with E-state index >= 15 is 0 Å². The van der Waals surface area contributed by atoms with Gasteiger partial charge in [-0.3, -0.25) is 9.71 Å². The van der Waals surface area contributed by atoms with Gasteiger partial charge in [-0.05, 0) is 46.6 Å². The van der Waals surface area contributed by atoms with Crippen LogP contribution in [0.15, 0.2) is 52.1 Å². The fourth-order valence-electron chi connectivity index (χ4n) is 1.61. The van der Waals surface area contributed by atoms with E-state index in [0.29, 0.717) is 18.0 Å². The van der Waals surface area contributed by atoms with E-state index in [1.807, 2.05) is 6.92 Å². The Balaban J connectivity index is 2.27. The third-order valence-electron chi connectivity index (χ3n) is 2.59. The molecule has 2 aromatic rings. The fourth-order valence-corrected chi connectivity index (χ4v) is 3.03. The number of hydrogen-bond acceptors (Lipinski definition) is 4. The van der Waals surface area contributed by atoms with Crippen LogP contribution in [0.5, 0.6) is 5.75 Å². The van der Waals surface area contributed by atoms with E-state index in [9.17, 15) is 8.42 Å². The highest BCUT2D eigenvalue weighted by molar-refractivity contribution is 9.10. The van der Waals surface area contributed by atoms with Crippen molar-refractivity contribution in [3.63, 3.8) is 0 Å². The summed E-state index contributed by atoms with van der Waals surface area (Å²) in [7, 11) is -3.67. The quantitative estimate of drug-likeness (QED) is 0.845. The first-order valence-corrected chi connectivity index (χ1v) is 8.66. The first-order chi connectivity index (χ1) is 10.0. The lowest BCUT2D eigenvalue weighted by Crippen LogP contribution is -2.13. The number of anilines is 1. The van der Waals surface area contributed by atoms with Crippen LogP contribution in [-0.4, -0.2) is 20.0 Å². The molecule has 0 bridgehead atoms. The minimum atomic E-state index is -3.67. The lowest BCUT2D eigenvalue weighted by molar-refractivity contribution is 0.314. The molecule has 1 aromatic carbocycles. The number of aromatic nitrogens is 1. The normalized spacial score (nSPS) is 11.1. The summed E-state index contributed by atoms with van der Waals surface area (Å²) < 4.78 is 33.4. The number of halogens is 1. The van der Waals surface area contributed by atoms with Gasteiger partial charge < -0.3 is 4.74 Å². The Bertz CT molecular complexity index is 705. The van der Waals surface area contributed by atoms with Crippen LogP contribution in [0, 0.1) is 0 Å². The van der Waals surface area contributed by atoms with Gasteiger partial charge in [-0.25, -0.2) is 8.42 Å². The minimum Gasteiger partial charge on any atom is -0.492 e. The van der Waals surface area contributed by atoms with E-state index in [4.69, 9.17) is 4.74 Å². The van der Waals surface area contributed by atoms with Crippen LogP contribution in [0.25, 0.3) is 0 Å². The Kier molecular flexibility index (Phi) is 5.19. The Morgan fingerprint density at radius 3 is 2.81 bits per heavy atom. The van der Waals surface area contributed by atoms with Crippen molar-refractivity contribution in [2.45, 2.75) is 18.2 Å². The topological polar surface area (TPSA) is 68.3 Å². The first kappa shape index (κ1) is 15.8. The summed E-state index contributed by atoms with van der Waals surface area (Å²) in [5.41, 5.74) is 0.413. The Labute approximate surface area is 132 Å². The molecule has 21 heavy (non-hydrogen) atoms. The smallest absolute Gasteiger partial charge is 0.262 e. The van der Waals surface area contributed by atoms with Gasteiger partial charge in [0.05, 0.1) is 27.9 Å². The molecule has 0 aliphatic heterocycles. The van der Waals surface area contributed by atoms with Crippen molar-refractivity contribution in [1.29, 1.82) is 0 Å². The second-order valence-electron chi connectivity index (χ2n) is 4.29. The van der Waals surface area contributed by atoms with Crippen LogP contribution in [0.3, 0.4) is 0 Å². The summed E-state index contributed by atoms with van der Waals surface area (Å²) in [4.78, 5) is 4.02. The van der Waals surface area contributed by atoms with Crippen molar-refractivity contribution in [2.24, 2.45) is 0 Å². The molecule has 0 saturated carbocycles. The molecule has 0 aliphatic rings. The van der Waals surface area contributed by atoms with Gasteiger partial charge in [-0.2, -0.15) is 0 Å². The van der Waals surface area contributed by atoms with Crippen LogP contribution < -0.4 is 9.46 Å². The number of pyridine rings is 1. The van der Waals surface area contributed by atoms with Crippen LogP contribution in [0.2, 0.25) is 0 Å². The zero-order valence-corrected chi connectivity index (χ0v) is 13.8. The number of ether oxygens (including phenoxy) is 1. The average Bonchev–Trinajstić information content (AvgIpc) is 2.47. The van der Waals surface area contributed by atoms with Crippen LogP contribution >= 0.6 is 15.9 Å². The van der Waals surface area contributed by atoms with Gasteiger partial charge in [0.25, 0.3) is 10.0 Å². The van der Waals surface area contributed by atoms with E-state index in [1.54, 1.807) is 24.4 Å². The van der Waals surface area contributed by atoms with E-state index in [-0.39, 0.29) is 4.90 Å². The molecule has 0 unspecified atom stereocenters. The summed E-state index contributed by atoms with van der Waals surface area (Å²) >= 11 is 3.34. The van der Waals surface area contributed by atoms with Crippen LogP contribution in [-0.2, 0) is 10.0 Å². The van der Waals surface area contributed by atoms with E-state index in [2.05, 4.69) is 25.6 Å². The molecular formula is C14H15BrN2O3S. The van der Waals surface area contributed by atoms with Gasteiger partial charge in [0.1, 0.15) is 5.75 Å².